The van der Waals surface area contributed by atoms with Crippen molar-refractivity contribution >= 4 is 17.8 Å². The van der Waals surface area contributed by atoms with Gasteiger partial charge in [-0.15, -0.1) is 0 Å². The van der Waals surface area contributed by atoms with Crippen LogP contribution in [0.1, 0.15) is 57.8 Å². The molecule has 6 rings (SSSR count). The van der Waals surface area contributed by atoms with E-state index in [1.54, 1.807) is 23.9 Å². The first-order valence-electron chi connectivity index (χ1n) is 12.2. The smallest absolute Gasteiger partial charge is 0.324 e. The standard InChI is InChI=1S/C24H35N5O4/c1-28(2)18(6-19(26)30)22(32)33-24-9-13-3-14(10-24)8-23(7-13,12-24)20(27)21(31)29-16(11-25)4-15-5-17(15)29/h13-18,20H,3-10,12,27H2,1-2H3,(H2,26,30)/t13-,14?,15?,16-,17?,18-,20+,23?,24?/m0/s1. The van der Waals surface area contributed by atoms with E-state index in [9.17, 15) is 19.6 Å². The molecule has 4 bridgehead atoms. The fraction of sp³-hybridized carbons (Fsp3) is 0.833. The van der Waals surface area contributed by atoms with Crippen LogP contribution in [-0.4, -0.2) is 71.4 Å². The summed E-state index contributed by atoms with van der Waals surface area (Å²) in [7, 11) is 3.47. The number of nitriles is 1. The lowest BCUT2D eigenvalue weighted by atomic mass is 9.46. The van der Waals surface area contributed by atoms with Crippen molar-refractivity contribution in [1.82, 2.24) is 9.80 Å². The summed E-state index contributed by atoms with van der Waals surface area (Å²) in [5.74, 6) is 0.103. The van der Waals surface area contributed by atoms with Crippen LogP contribution < -0.4 is 11.5 Å². The van der Waals surface area contributed by atoms with E-state index in [1.807, 2.05) is 0 Å². The molecule has 4 N–H and O–H groups in total. The zero-order valence-electron chi connectivity index (χ0n) is 19.5. The molecule has 0 aromatic heterocycles. The average molecular weight is 458 g/mol. The summed E-state index contributed by atoms with van der Waals surface area (Å²) in [5, 5.41) is 9.56. The summed E-state index contributed by atoms with van der Waals surface area (Å²) in [6.45, 7) is 0. The summed E-state index contributed by atoms with van der Waals surface area (Å²) in [6, 6.07) is 0.676. The Bertz CT molecular complexity index is 899. The van der Waals surface area contributed by atoms with Gasteiger partial charge in [0.15, 0.2) is 0 Å². The van der Waals surface area contributed by atoms with E-state index < -0.39 is 35.0 Å². The largest absolute Gasteiger partial charge is 0.458 e. The number of carbonyl (C=O) groups excluding carboxylic acids is 3. The van der Waals surface area contributed by atoms with Crippen molar-refractivity contribution in [2.75, 3.05) is 14.1 Å². The highest BCUT2D eigenvalue weighted by Gasteiger charge is 2.64. The van der Waals surface area contributed by atoms with Gasteiger partial charge in [-0.3, -0.25) is 19.3 Å². The van der Waals surface area contributed by atoms with Crippen LogP contribution in [0.25, 0.3) is 0 Å². The van der Waals surface area contributed by atoms with Crippen LogP contribution in [0.4, 0.5) is 0 Å². The van der Waals surface area contributed by atoms with E-state index in [-0.39, 0.29) is 24.4 Å². The number of hydrogen-bond donors (Lipinski definition) is 2. The summed E-state index contributed by atoms with van der Waals surface area (Å²) in [6.07, 6.45) is 6.59. The van der Waals surface area contributed by atoms with E-state index >= 15 is 0 Å². The zero-order chi connectivity index (χ0) is 23.7. The first-order valence-corrected chi connectivity index (χ1v) is 12.2. The second-order valence-electron chi connectivity index (χ2n) is 11.7. The number of nitrogens with two attached hydrogens (primary N) is 2. The molecule has 2 amide bonds. The Morgan fingerprint density at radius 2 is 1.82 bits per heavy atom. The minimum absolute atomic E-state index is 0.0923. The maximum atomic E-state index is 13.6. The van der Waals surface area contributed by atoms with Crippen molar-refractivity contribution in [3.05, 3.63) is 0 Å². The van der Waals surface area contributed by atoms with Gasteiger partial charge in [-0.1, -0.05) is 0 Å². The number of carbonyl (C=O) groups is 3. The molecule has 9 atom stereocenters. The van der Waals surface area contributed by atoms with Gasteiger partial charge in [-0.25, -0.2) is 0 Å². The van der Waals surface area contributed by atoms with Gasteiger partial charge in [0.05, 0.1) is 18.5 Å². The van der Waals surface area contributed by atoms with Gasteiger partial charge >= 0.3 is 5.97 Å². The first-order chi connectivity index (χ1) is 15.6. The van der Waals surface area contributed by atoms with E-state index in [0.29, 0.717) is 24.2 Å². The number of primary amides is 1. The molecule has 0 aromatic carbocycles. The van der Waals surface area contributed by atoms with Gasteiger partial charge < -0.3 is 21.1 Å². The molecule has 1 saturated heterocycles. The molecule has 6 fully saturated rings. The molecule has 33 heavy (non-hydrogen) atoms. The Morgan fingerprint density at radius 3 is 2.39 bits per heavy atom. The first kappa shape index (κ1) is 22.6. The topological polar surface area (TPSA) is 143 Å². The second-order valence-corrected chi connectivity index (χ2v) is 11.7. The van der Waals surface area contributed by atoms with Crippen LogP contribution in [0.2, 0.25) is 0 Å². The lowest BCUT2D eigenvalue weighted by Crippen LogP contribution is -2.66. The summed E-state index contributed by atoms with van der Waals surface area (Å²) < 4.78 is 6.21. The summed E-state index contributed by atoms with van der Waals surface area (Å²) in [5.41, 5.74) is 11.1. The van der Waals surface area contributed by atoms with Gasteiger partial charge in [0.1, 0.15) is 17.7 Å². The summed E-state index contributed by atoms with van der Waals surface area (Å²) in [4.78, 5) is 41.7. The minimum atomic E-state index is -0.727. The third-order valence-corrected chi connectivity index (χ3v) is 9.09. The Morgan fingerprint density at radius 1 is 1.15 bits per heavy atom. The van der Waals surface area contributed by atoms with Crippen LogP contribution in [0.5, 0.6) is 0 Å². The number of fused-ring (bicyclic) bond motifs is 1. The molecule has 1 heterocycles. The zero-order valence-corrected chi connectivity index (χ0v) is 19.5. The summed E-state index contributed by atoms with van der Waals surface area (Å²) >= 11 is 0. The molecule has 9 heteroatoms. The maximum Gasteiger partial charge on any atom is 0.324 e. The molecule has 1 aliphatic heterocycles. The highest BCUT2D eigenvalue weighted by atomic mass is 16.6. The predicted octanol–water partition coefficient (Wildman–Crippen LogP) is 0.514. The van der Waals surface area contributed by atoms with Crippen molar-refractivity contribution in [3.63, 3.8) is 0 Å². The SMILES string of the molecule is CN(C)[C@@H](CC(N)=O)C(=O)OC12CC3C[C@H](C1)CC([C@H](N)C(=O)N1C4CC4C[C@H]1C#N)(C3)C2. The van der Waals surface area contributed by atoms with Crippen molar-refractivity contribution in [1.29, 1.82) is 5.26 Å². The Kier molecular flexibility index (Phi) is 5.25. The third-order valence-electron chi connectivity index (χ3n) is 9.09. The predicted molar refractivity (Wildman–Crippen MR) is 118 cm³/mol. The Labute approximate surface area is 194 Å². The molecule has 9 nitrogen and oxygen atoms in total. The number of esters is 1. The van der Waals surface area contributed by atoms with Crippen molar-refractivity contribution in [2.24, 2.45) is 34.6 Å². The van der Waals surface area contributed by atoms with Gasteiger partial charge in [0.25, 0.3) is 0 Å². The lowest BCUT2D eigenvalue weighted by Gasteiger charge is -2.62. The number of ether oxygens (including phenoxy) is 1. The van der Waals surface area contributed by atoms with Crippen LogP contribution in [0.15, 0.2) is 0 Å². The highest BCUT2D eigenvalue weighted by Crippen LogP contribution is 2.64. The van der Waals surface area contributed by atoms with E-state index in [2.05, 4.69) is 6.07 Å². The van der Waals surface area contributed by atoms with Crippen LogP contribution in [0.3, 0.4) is 0 Å². The number of piperidine rings is 1. The fourth-order valence-corrected chi connectivity index (χ4v) is 7.99. The molecule has 0 radical (unpaired) electrons. The molecule has 0 aromatic rings. The third kappa shape index (κ3) is 3.71. The maximum absolute atomic E-state index is 13.6. The molecule has 5 aliphatic carbocycles. The Hall–Kier alpha value is -2.18. The van der Waals surface area contributed by atoms with Gasteiger partial charge in [-0.05, 0) is 88.6 Å². The van der Waals surface area contributed by atoms with Crippen molar-refractivity contribution in [3.8, 4) is 6.07 Å². The average Bonchev–Trinajstić information content (AvgIpc) is 3.38. The Balaban J connectivity index is 1.37. The fourth-order valence-electron chi connectivity index (χ4n) is 7.99. The number of rotatable bonds is 7. The van der Waals surface area contributed by atoms with E-state index in [0.717, 1.165) is 44.9 Å². The number of nitrogens with zero attached hydrogens (tertiary/aromatic N) is 3. The quantitative estimate of drug-likeness (QED) is 0.530. The molecular weight excluding hydrogens is 422 g/mol. The van der Waals surface area contributed by atoms with Gasteiger partial charge in [0.2, 0.25) is 11.8 Å². The monoisotopic (exact) mass is 457 g/mol. The normalized spacial score (nSPS) is 41.9. The molecule has 6 aliphatic rings. The van der Waals surface area contributed by atoms with Crippen LogP contribution in [0, 0.1) is 34.5 Å². The van der Waals surface area contributed by atoms with Crippen LogP contribution in [-0.2, 0) is 19.1 Å². The van der Waals surface area contributed by atoms with Gasteiger partial charge in [0, 0.05) is 6.04 Å². The second kappa shape index (κ2) is 7.67. The number of amides is 2. The van der Waals surface area contributed by atoms with E-state index in [1.165, 1.54) is 0 Å². The molecule has 5 saturated carbocycles. The van der Waals surface area contributed by atoms with Crippen molar-refractivity contribution in [2.45, 2.75) is 87.6 Å². The minimum Gasteiger partial charge on any atom is -0.458 e. The number of likely N-dealkylation sites (tertiary alicyclic amines) is 1. The van der Waals surface area contributed by atoms with Crippen LogP contribution >= 0.6 is 0 Å². The molecular formula is C24H35N5O4. The number of likely N-dealkylation sites (N-methyl/N-ethyl adjacent to an activating group) is 1. The molecule has 180 valence electrons. The molecule has 0 spiro atoms. The molecule has 5 unspecified atom stereocenters. The van der Waals surface area contributed by atoms with E-state index in [4.69, 9.17) is 16.2 Å². The highest BCUT2D eigenvalue weighted by molar-refractivity contribution is 5.85. The lowest BCUT2D eigenvalue weighted by molar-refractivity contribution is -0.209. The van der Waals surface area contributed by atoms with Crippen molar-refractivity contribution < 1.29 is 19.1 Å². The number of hydrogen-bond acceptors (Lipinski definition) is 7. The van der Waals surface area contributed by atoms with Gasteiger partial charge in [-0.2, -0.15) is 5.26 Å².